The molecule has 0 saturated heterocycles. The van der Waals surface area contributed by atoms with Crippen LogP contribution >= 0.6 is 0 Å². The first kappa shape index (κ1) is 15.5. The van der Waals surface area contributed by atoms with Crippen LogP contribution in [0.2, 0.25) is 0 Å². The Morgan fingerprint density at radius 1 is 1.30 bits per heavy atom. The van der Waals surface area contributed by atoms with Crippen LogP contribution in [0.5, 0.6) is 0 Å². The van der Waals surface area contributed by atoms with E-state index < -0.39 is 12.1 Å². The van der Waals surface area contributed by atoms with Crippen molar-refractivity contribution < 1.29 is 18.8 Å². The number of nitrogens with one attached hydrogen (secondary N) is 2. The van der Waals surface area contributed by atoms with Crippen LogP contribution in [0.15, 0.2) is 29.4 Å². The molecule has 2 N–H and O–H groups in total. The highest BCUT2D eigenvalue weighted by Gasteiger charge is 2.32. The Hall–Kier alpha value is -2.44. The second kappa shape index (κ2) is 6.36. The van der Waals surface area contributed by atoms with Gasteiger partial charge < -0.3 is 15.5 Å². The summed E-state index contributed by atoms with van der Waals surface area (Å²) >= 11 is 0. The second-order valence-corrected chi connectivity index (χ2v) is 5.86. The predicted octanol–water partition coefficient (Wildman–Crippen LogP) is 1.10. The van der Waals surface area contributed by atoms with Crippen molar-refractivity contribution in [2.45, 2.75) is 44.4 Å². The van der Waals surface area contributed by atoms with Gasteiger partial charge in [0.2, 0.25) is 12.0 Å². The van der Waals surface area contributed by atoms with Gasteiger partial charge in [-0.2, -0.15) is 0 Å². The van der Waals surface area contributed by atoms with E-state index in [-0.39, 0.29) is 30.1 Å². The van der Waals surface area contributed by atoms with E-state index in [0.717, 1.165) is 12.8 Å². The Morgan fingerprint density at radius 3 is 2.65 bits per heavy atom. The van der Waals surface area contributed by atoms with E-state index in [1.807, 2.05) is 0 Å². The van der Waals surface area contributed by atoms with Crippen LogP contribution in [-0.4, -0.2) is 35.7 Å². The molecule has 1 aromatic rings. The normalized spacial score (nSPS) is 21.1. The molecule has 7 heteroatoms. The van der Waals surface area contributed by atoms with Crippen LogP contribution in [0.25, 0.3) is 0 Å². The van der Waals surface area contributed by atoms with E-state index >= 15 is 0 Å². The number of oxime groups is 1. The first-order chi connectivity index (χ1) is 11.0. The Labute approximate surface area is 133 Å². The number of hydrogen-bond acceptors (Lipinski definition) is 4. The summed E-state index contributed by atoms with van der Waals surface area (Å²) in [6, 6.07) is 5.46. The van der Waals surface area contributed by atoms with Crippen molar-refractivity contribution in [3.63, 3.8) is 0 Å². The molecule has 1 saturated carbocycles. The maximum absolute atomic E-state index is 12.9. The third kappa shape index (κ3) is 3.85. The van der Waals surface area contributed by atoms with Gasteiger partial charge in [-0.3, -0.25) is 9.59 Å². The number of halogens is 1. The third-order valence-electron chi connectivity index (χ3n) is 3.81. The molecule has 0 bridgehead atoms. The van der Waals surface area contributed by atoms with E-state index in [4.69, 9.17) is 4.84 Å². The van der Waals surface area contributed by atoms with E-state index in [0.29, 0.717) is 11.3 Å². The molecule has 122 valence electrons. The number of carbonyl (C=O) groups excluding carboxylic acids is 2. The van der Waals surface area contributed by atoms with Gasteiger partial charge in [0, 0.05) is 12.5 Å². The SMILES string of the molecule is C[C@H](NC(=O)[C@@H]1CC(c2ccc(F)cc2)=NO1)C(=O)NC1CC1. The van der Waals surface area contributed by atoms with E-state index in [2.05, 4.69) is 15.8 Å². The highest BCUT2D eigenvalue weighted by Crippen LogP contribution is 2.19. The fourth-order valence-electron chi connectivity index (χ4n) is 2.26. The zero-order chi connectivity index (χ0) is 16.4. The molecule has 3 rings (SSSR count). The summed E-state index contributed by atoms with van der Waals surface area (Å²) in [4.78, 5) is 29.1. The van der Waals surface area contributed by atoms with Crippen LogP contribution < -0.4 is 10.6 Å². The van der Waals surface area contributed by atoms with Gasteiger partial charge in [0.15, 0.2) is 0 Å². The van der Waals surface area contributed by atoms with E-state index in [9.17, 15) is 14.0 Å². The number of rotatable bonds is 5. The van der Waals surface area contributed by atoms with Crippen molar-refractivity contribution in [3.05, 3.63) is 35.6 Å². The number of benzene rings is 1. The molecule has 2 aliphatic rings. The topological polar surface area (TPSA) is 79.8 Å². The number of carbonyl (C=O) groups is 2. The lowest BCUT2D eigenvalue weighted by Crippen LogP contribution is -2.48. The van der Waals surface area contributed by atoms with Crippen molar-refractivity contribution in [1.29, 1.82) is 0 Å². The van der Waals surface area contributed by atoms with Gasteiger partial charge in [-0.05, 0) is 37.5 Å². The average Bonchev–Trinajstić information content (AvgIpc) is 3.20. The minimum atomic E-state index is -0.772. The average molecular weight is 319 g/mol. The first-order valence-electron chi connectivity index (χ1n) is 7.62. The Morgan fingerprint density at radius 2 is 2.00 bits per heavy atom. The summed E-state index contributed by atoms with van der Waals surface area (Å²) in [7, 11) is 0. The van der Waals surface area contributed by atoms with Crippen molar-refractivity contribution in [1.82, 2.24) is 10.6 Å². The van der Waals surface area contributed by atoms with Gasteiger partial charge in [0.1, 0.15) is 11.9 Å². The van der Waals surface area contributed by atoms with Gasteiger partial charge in [0.05, 0.1) is 5.71 Å². The predicted molar refractivity (Wildman–Crippen MR) is 81.2 cm³/mol. The Bertz CT molecular complexity index is 640. The molecule has 0 aromatic heterocycles. The summed E-state index contributed by atoms with van der Waals surface area (Å²) in [5.41, 5.74) is 1.29. The molecule has 1 aliphatic heterocycles. The maximum atomic E-state index is 12.9. The van der Waals surface area contributed by atoms with E-state index in [1.54, 1.807) is 19.1 Å². The summed E-state index contributed by atoms with van der Waals surface area (Å²) in [6.07, 6.45) is 1.50. The molecule has 2 atom stereocenters. The van der Waals surface area contributed by atoms with Crippen molar-refractivity contribution in [3.8, 4) is 0 Å². The lowest BCUT2D eigenvalue weighted by atomic mass is 10.0. The highest BCUT2D eigenvalue weighted by atomic mass is 19.1. The molecule has 0 spiro atoms. The summed E-state index contributed by atoms with van der Waals surface area (Å²) < 4.78 is 12.9. The van der Waals surface area contributed by atoms with Crippen molar-refractivity contribution in [2.75, 3.05) is 0 Å². The van der Waals surface area contributed by atoms with Gasteiger partial charge in [-0.25, -0.2) is 4.39 Å². The van der Waals surface area contributed by atoms with Crippen LogP contribution in [-0.2, 0) is 14.4 Å². The summed E-state index contributed by atoms with van der Waals surface area (Å²) in [6.45, 7) is 1.63. The molecular weight excluding hydrogens is 301 g/mol. The zero-order valence-corrected chi connectivity index (χ0v) is 12.7. The molecule has 1 aromatic carbocycles. The maximum Gasteiger partial charge on any atom is 0.264 e. The molecule has 0 radical (unpaired) electrons. The van der Waals surface area contributed by atoms with Crippen LogP contribution in [0.3, 0.4) is 0 Å². The Kier molecular flexibility index (Phi) is 4.27. The molecule has 1 aliphatic carbocycles. The standard InChI is InChI=1S/C16H18FN3O3/c1-9(15(21)19-12-6-7-12)18-16(22)14-8-13(20-23-14)10-2-4-11(17)5-3-10/h2-5,9,12,14H,6-8H2,1H3,(H,18,22)(H,19,21)/t9-,14-/m0/s1. The molecular formula is C16H18FN3O3. The largest absolute Gasteiger partial charge is 0.382 e. The molecule has 2 amide bonds. The van der Waals surface area contributed by atoms with Crippen LogP contribution in [0, 0.1) is 5.82 Å². The molecule has 0 unspecified atom stereocenters. The molecule has 23 heavy (non-hydrogen) atoms. The van der Waals surface area contributed by atoms with Crippen LogP contribution in [0.4, 0.5) is 4.39 Å². The first-order valence-corrected chi connectivity index (χ1v) is 7.62. The van der Waals surface area contributed by atoms with Crippen molar-refractivity contribution in [2.24, 2.45) is 5.16 Å². The van der Waals surface area contributed by atoms with Gasteiger partial charge >= 0.3 is 0 Å². The lowest BCUT2D eigenvalue weighted by molar-refractivity contribution is -0.135. The quantitative estimate of drug-likeness (QED) is 0.853. The van der Waals surface area contributed by atoms with Gasteiger partial charge in [0.25, 0.3) is 5.91 Å². The monoisotopic (exact) mass is 319 g/mol. The Balaban J connectivity index is 1.51. The van der Waals surface area contributed by atoms with Crippen molar-refractivity contribution >= 4 is 17.5 Å². The number of hydrogen-bond donors (Lipinski definition) is 2. The third-order valence-corrected chi connectivity index (χ3v) is 3.81. The molecule has 6 nitrogen and oxygen atoms in total. The van der Waals surface area contributed by atoms with Gasteiger partial charge in [-0.15, -0.1) is 0 Å². The van der Waals surface area contributed by atoms with Gasteiger partial charge in [-0.1, -0.05) is 17.3 Å². The van der Waals surface area contributed by atoms with Crippen LogP contribution in [0.1, 0.15) is 31.7 Å². The zero-order valence-electron chi connectivity index (χ0n) is 12.7. The number of amides is 2. The fourth-order valence-corrected chi connectivity index (χ4v) is 2.26. The minimum Gasteiger partial charge on any atom is -0.382 e. The highest BCUT2D eigenvalue weighted by molar-refractivity contribution is 6.04. The smallest absolute Gasteiger partial charge is 0.264 e. The van der Waals surface area contributed by atoms with E-state index in [1.165, 1.54) is 12.1 Å². The minimum absolute atomic E-state index is 0.196. The number of nitrogens with zero attached hydrogens (tertiary/aromatic N) is 1. The molecule has 1 heterocycles. The summed E-state index contributed by atoms with van der Waals surface area (Å²) in [5.74, 6) is -0.916. The summed E-state index contributed by atoms with van der Waals surface area (Å²) in [5, 5.41) is 9.34. The second-order valence-electron chi connectivity index (χ2n) is 5.86. The fraction of sp³-hybridized carbons (Fsp3) is 0.438. The molecule has 1 fully saturated rings. The lowest BCUT2D eigenvalue weighted by Gasteiger charge is -2.15.